The van der Waals surface area contributed by atoms with Crippen LogP contribution in [0.2, 0.25) is 0 Å². The first-order chi connectivity index (χ1) is 8.08. The fourth-order valence-corrected chi connectivity index (χ4v) is 1.26. The summed E-state index contributed by atoms with van der Waals surface area (Å²) in [6.07, 6.45) is 0.917. The second kappa shape index (κ2) is 5.89. The third kappa shape index (κ3) is 3.48. The summed E-state index contributed by atoms with van der Waals surface area (Å²) in [6.45, 7) is 2.31. The van der Waals surface area contributed by atoms with E-state index < -0.39 is 11.8 Å². The summed E-state index contributed by atoms with van der Waals surface area (Å²) in [4.78, 5) is 10.3. The van der Waals surface area contributed by atoms with E-state index in [0.717, 1.165) is 6.08 Å². The maximum absolute atomic E-state index is 12.9. The second-order valence-corrected chi connectivity index (χ2v) is 3.14. The zero-order valence-electron chi connectivity index (χ0n) is 9.57. The topological polar surface area (TPSA) is 55.8 Å². The molecule has 0 aliphatic carbocycles. The SMILES string of the molecule is CCOc1ccc(C=C(F)C(=O)O)cc1OC. The number of aliphatic carboxylic acids is 1. The Morgan fingerprint density at radius 1 is 1.47 bits per heavy atom. The van der Waals surface area contributed by atoms with E-state index in [2.05, 4.69) is 0 Å². The molecule has 0 atom stereocenters. The van der Waals surface area contributed by atoms with Gasteiger partial charge in [0, 0.05) is 0 Å². The Bertz CT molecular complexity index is 440. The van der Waals surface area contributed by atoms with Crippen molar-refractivity contribution in [3.8, 4) is 11.5 Å². The average molecular weight is 240 g/mol. The van der Waals surface area contributed by atoms with Crippen LogP contribution in [-0.4, -0.2) is 24.8 Å². The van der Waals surface area contributed by atoms with Crippen LogP contribution in [0.5, 0.6) is 11.5 Å². The normalized spacial score (nSPS) is 11.1. The summed E-state index contributed by atoms with van der Waals surface area (Å²) < 4.78 is 23.2. The number of rotatable bonds is 5. The van der Waals surface area contributed by atoms with Crippen LogP contribution in [0.25, 0.3) is 6.08 Å². The summed E-state index contributed by atoms with van der Waals surface area (Å²) in [5, 5.41) is 8.41. The van der Waals surface area contributed by atoms with Crippen LogP contribution < -0.4 is 9.47 Å². The molecule has 1 rings (SSSR count). The number of hydrogen-bond donors (Lipinski definition) is 1. The maximum atomic E-state index is 12.9. The predicted octanol–water partition coefficient (Wildman–Crippen LogP) is 2.49. The van der Waals surface area contributed by atoms with Crippen molar-refractivity contribution >= 4 is 12.0 Å². The van der Waals surface area contributed by atoms with Gasteiger partial charge in [-0.25, -0.2) is 4.79 Å². The van der Waals surface area contributed by atoms with Crippen molar-refractivity contribution in [2.45, 2.75) is 6.92 Å². The molecule has 0 aromatic heterocycles. The molecule has 4 nitrogen and oxygen atoms in total. The zero-order chi connectivity index (χ0) is 12.8. The summed E-state index contributed by atoms with van der Waals surface area (Å²) in [7, 11) is 1.46. The van der Waals surface area contributed by atoms with Gasteiger partial charge >= 0.3 is 5.97 Å². The summed E-state index contributed by atoms with van der Waals surface area (Å²) in [6, 6.07) is 4.66. The van der Waals surface area contributed by atoms with Crippen LogP contribution in [0, 0.1) is 0 Å². The molecule has 5 heteroatoms. The third-order valence-electron chi connectivity index (χ3n) is 1.99. The van der Waals surface area contributed by atoms with Crippen LogP contribution in [0.15, 0.2) is 24.0 Å². The molecule has 92 valence electrons. The van der Waals surface area contributed by atoms with Gasteiger partial charge in [0.1, 0.15) is 0 Å². The van der Waals surface area contributed by atoms with Crippen molar-refractivity contribution in [1.29, 1.82) is 0 Å². The summed E-state index contributed by atoms with van der Waals surface area (Å²) >= 11 is 0. The van der Waals surface area contributed by atoms with E-state index in [4.69, 9.17) is 14.6 Å². The van der Waals surface area contributed by atoms with Crippen molar-refractivity contribution in [2.24, 2.45) is 0 Å². The second-order valence-electron chi connectivity index (χ2n) is 3.14. The number of ether oxygens (including phenoxy) is 2. The van der Waals surface area contributed by atoms with E-state index in [0.29, 0.717) is 23.7 Å². The highest BCUT2D eigenvalue weighted by Gasteiger charge is 2.08. The van der Waals surface area contributed by atoms with Crippen molar-refractivity contribution in [3.63, 3.8) is 0 Å². The number of carbonyl (C=O) groups is 1. The Hall–Kier alpha value is -2.04. The quantitative estimate of drug-likeness (QED) is 0.803. The van der Waals surface area contributed by atoms with Gasteiger partial charge in [-0.2, -0.15) is 4.39 Å². The lowest BCUT2D eigenvalue weighted by Gasteiger charge is -2.09. The minimum Gasteiger partial charge on any atom is -0.493 e. The van der Waals surface area contributed by atoms with E-state index >= 15 is 0 Å². The molecule has 0 radical (unpaired) electrons. The van der Waals surface area contributed by atoms with Gasteiger partial charge < -0.3 is 14.6 Å². The van der Waals surface area contributed by atoms with E-state index in [1.165, 1.54) is 13.2 Å². The first-order valence-electron chi connectivity index (χ1n) is 4.99. The minimum atomic E-state index is -1.60. The molecule has 0 saturated heterocycles. The largest absolute Gasteiger partial charge is 0.493 e. The number of halogens is 1. The average Bonchev–Trinajstić information content (AvgIpc) is 2.31. The van der Waals surface area contributed by atoms with Crippen LogP contribution in [-0.2, 0) is 4.79 Å². The summed E-state index contributed by atoms with van der Waals surface area (Å²) in [5.74, 6) is -1.87. The van der Waals surface area contributed by atoms with Crippen LogP contribution in [0.4, 0.5) is 4.39 Å². The Morgan fingerprint density at radius 3 is 2.71 bits per heavy atom. The molecular formula is C12H13FO4. The molecule has 0 bridgehead atoms. The molecule has 1 N–H and O–H groups in total. The van der Waals surface area contributed by atoms with E-state index in [1.54, 1.807) is 12.1 Å². The maximum Gasteiger partial charge on any atom is 0.364 e. The molecule has 0 unspecified atom stereocenters. The monoisotopic (exact) mass is 240 g/mol. The highest BCUT2D eigenvalue weighted by molar-refractivity contribution is 5.89. The van der Waals surface area contributed by atoms with Gasteiger partial charge in [0.05, 0.1) is 13.7 Å². The molecule has 0 aliphatic rings. The van der Waals surface area contributed by atoms with Gasteiger partial charge in [-0.05, 0) is 30.7 Å². The third-order valence-corrected chi connectivity index (χ3v) is 1.99. The van der Waals surface area contributed by atoms with Crippen LogP contribution in [0.3, 0.4) is 0 Å². The van der Waals surface area contributed by atoms with Crippen LogP contribution in [0.1, 0.15) is 12.5 Å². The number of carboxylic acids is 1. The highest BCUT2D eigenvalue weighted by atomic mass is 19.1. The lowest BCUT2D eigenvalue weighted by molar-refractivity contribution is -0.134. The highest BCUT2D eigenvalue weighted by Crippen LogP contribution is 2.28. The number of hydrogen-bond acceptors (Lipinski definition) is 3. The van der Waals surface area contributed by atoms with Gasteiger partial charge in [-0.15, -0.1) is 0 Å². The summed E-state index contributed by atoms with van der Waals surface area (Å²) in [5.41, 5.74) is 0.394. The molecule has 0 heterocycles. The Kier molecular flexibility index (Phi) is 4.51. The molecule has 0 fully saturated rings. The molecular weight excluding hydrogens is 227 g/mol. The van der Waals surface area contributed by atoms with Gasteiger partial charge in [0.15, 0.2) is 11.5 Å². The molecule has 1 aromatic rings. The Balaban J connectivity index is 3.05. The molecule has 0 amide bonds. The van der Waals surface area contributed by atoms with Crippen molar-refractivity contribution in [3.05, 3.63) is 29.6 Å². The van der Waals surface area contributed by atoms with Gasteiger partial charge in [-0.1, -0.05) is 6.07 Å². The zero-order valence-corrected chi connectivity index (χ0v) is 9.57. The first kappa shape index (κ1) is 13.0. The Labute approximate surface area is 98.3 Å². The fourth-order valence-electron chi connectivity index (χ4n) is 1.26. The smallest absolute Gasteiger partial charge is 0.364 e. The van der Waals surface area contributed by atoms with Crippen molar-refractivity contribution in [1.82, 2.24) is 0 Å². The lowest BCUT2D eigenvalue weighted by atomic mass is 10.2. The van der Waals surface area contributed by atoms with Gasteiger partial charge in [-0.3, -0.25) is 0 Å². The molecule has 0 spiro atoms. The van der Waals surface area contributed by atoms with E-state index in [-0.39, 0.29) is 0 Å². The first-order valence-corrected chi connectivity index (χ1v) is 4.99. The fraction of sp³-hybridized carbons (Fsp3) is 0.250. The number of methoxy groups -OCH3 is 1. The van der Waals surface area contributed by atoms with Gasteiger partial charge in [0.2, 0.25) is 5.83 Å². The standard InChI is InChI=1S/C12H13FO4/c1-3-17-10-5-4-8(7-11(10)16-2)6-9(13)12(14)15/h4-7H,3H2,1-2H3,(H,14,15). The van der Waals surface area contributed by atoms with E-state index in [1.807, 2.05) is 6.92 Å². The molecule has 17 heavy (non-hydrogen) atoms. The van der Waals surface area contributed by atoms with Crippen molar-refractivity contribution < 1.29 is 23.8 Å². The number of benzene rings is 1. The van der Waals surface area contributed by atoms with Crippen LogP contribution >= 0.6 is 0 Å². The van der Waals surface area contributed by atoms with Crippen molar-refractivity contribution in [2.75, 3.05) is 13.7 Å². The predicted molar refractivity (Wildman–Crippen MR) is 60.9 cm³/mol. The number of carboxylic acid groups (broad SMARTS) is 1. The lowest BCUT2D eigenvalue weighted by Crippen LogP contribution is -1.96. The molecule has 0 saturated carbocycles. The molecule has 1 aromatic carbocycles. The van der Waals surface area contributed by atoms with Gasteiger partial charge in [0.25, 0.3) is 0 Å². The molecule has 0 aliphatic heterocycles. The van der Waals surface area contributed by atoms with E-state index in [9.17, 15) is 9.18 Å². The minimum absolute atomic E-state index is 0.394. The Morgan fingerprint density at radius 2 is 2.18 bits per heavy atom.